The number of nitrogens with zero attached hydrogens (tertiary/aromatic N) is 1. The van der Waals surface area contributed by atoms with Gasteiger partial charge in [-0.2, -0.15) is 5.26 Å². The summed E-state index contributed by atoms with van der Waals surface area (Å²) in [6.45, 7) is 1.70. The van der Waals surface area contributed by atoms with Crippen LogP contribution in [0.25, 0.3) is 0 Å². The van der Waals surface area contributed by atoms with E-state index in [0.717, 1.165) is 0 Å². The normalized spacial score (nSPS) is 11.2. The molecule has 5 heteroatoms. The average Bonchev–Trinajstić information content (AvgIpc) is 2.40. The Balaban J connectivity index is 2.92. The van der Waals surface area contributed by atoms with Crippen LogP contribution in [0.15, 0.2) is 24.3 Å². The van der Waals surface area contributed by atoms with E-state index in [2.05, 4.69) is 4.74 Å². The highest BCUT2D eigenvalue weighted by molar-refractivity contribution is 6.36. The number of hydrogen-bond donors (Lipinski definition) is 0. The first-order valence-corrected chi connectivity index (χ1v) is 5.38. The Labute approximate surface area is 105 Å². The van der Waals surface area contributed by atoms with Crippen LogP contribution in [0.2, 0.25) is 0 Å². The molecule has 0 saturated carbocycles. The molecule has 18 heavy (non-hydrogen) atoms. The van der Waals surface area contributed by atoms with Gasteiger partial charge in [-0.3, -0.25) is 4.79 Å². The topological polar surface area (TPSA) is 76.4 Å². The summed E-state index contributed by atoms with van der Waals surface area (Å²) < 4.78 is 9.56. The zero-order chi connectivity index (χ0) is 13.5. The van der Waals surface area contributed by atoms with E-state index >= 15 is 0 Å². The Kier molecular flexibility index (Phi) is 4.88. The van der Waals surface area contributed by atoms with Gasteiger partial charge in [-0.05, 0) is 24.6 Å². The number of nitriles is 1. The maximum absolute atomic E-state index is 11.7. The van der Waals surface area contributed by atoms with Gasteiger partial charge < -0.3 is 9.47 Å². The molecule has 0 aliphatic rings. The number of rotatable bonds is 5. The molecule has 94 valence electrons. The molecule has 0 unspecified atom stereocenters. The molecular formula is C13H13NO4. The lowest BCUT2D eigenvalue weighted by Gasteiger charge is -2.08. The Bertz CT molecular complexity index is 473. The largest absolute Gasteiger partial charge is 0.497 e. The highest BCUT2D eigenvalue weighted by atomic mass is 16.5. The second-order valence-corrected chi connectivity index (χ2v) is 3.42. The van der Waals surface area contributed by atoms with E-state index in [-0.39, 0.29) is 6.61 Å². The van der Waals surface area contributed by atoms with Crippen molar-refractivity contribution in [2.24, 2.45) is 0 Å². The lowest BCUT2D eigenvalue weighted by Crippen LogP contribution is -2.23. The van der Waals surface area contributed by atoms with Gasteiger partial charge in [-0.25, -0.2) is 4.79 Å². The molecule has 0 N–H and O–H groups in total. The molecule has 1 atom stereocenters. The van der Waals surface area contributed by atoms with E-state index in [0.29, 0.717) is 11.3 Å². The monoisotopic (exact) mass is 247 g/mol. The van der Waals surface area contributed by atoms with Gasteiger partial charge in [0.05, 0.1) is 19.8 Å². The Morgan fingerprint density at radius 3 is 2.39 bits per heavy atom. The summed E-state index contributed by atoms with van der Waals surface area (Å²) >= 11 is 0. The summed E-state index contributed by atoms with van der Waals surface area (Å²) in [5.41, 5.74) is 0.441. The molecule has 0 spiro atoms. The zero-order valence-electron chi connectivity index (χ0n) is 10.2. The van der Waals surface area contributed by atoms with Gasteiger partial charge in [0.1, 0.15) is 11.7 Å². The highest BCUT2D eigenvalue weighted by Crippen LogP contribution is 2.20. The predicted molar refractivity (Wildman–Crippen MR) is 63.0 cm³/mol. The van der Waals surface area contributed by atoms with Gasteiger partial charge in [0.2, 0.25) is 0 Å². The number of hydrogen-bond acceptors (Lipinski definition) is 5. The van der Waals surface area contributed by atoms with Crippen molar-refractivity contribution in [1.29, 1.82) is 5.26 Å². The minimum Gasteiger partial charge on any atom is -0.497 e. The molecule has 0 bridgehead atoms. The van der Waals surface area contributed by atoms with E-state index < -0.39 is 17.7 Å². The van der Waals surface area contributed by atoms with Crippen LogP contribution in [0.5, 0.6) is 5.75 Å². The van der Waals surface area contributed by atoms with Gasteiger partial charge in [-0.1, -0.05) is 12.1 Å². The molecule has 1 aromatic carbocycles. The number of ether oxygens (including phenoxy) is 2. The van der Waals surface area contributed by atoms with Crippen LogP contribution >= 0.6 is 0 Å². The third kappa shape index (κ3) is 3.08. The SMILES string of the molecule is CCOC(=O)C(=O)[C@H](C#N)c1ccc(OC)cc1. The van der Waals surface area contributed by atoms with Crippen LogP contribution < -0.4 is 4.74 Å². The molecule has 0 aromatic heterocycles. The van der Waals surface area contributed by atoms with Crippen molar-refractivity contribution in [3.05, 3.63) is 29.8 Å². The maximum Gasteiger partial charge on any atom is 0.376 e. The van der Waals surface area contributed by atoms with Crippen LogP contribution in [0.4, 0.5) is 0 Å². The summed E-state index contributed by atoms with van der Waals surface area (Å²) in [6.07, 6.45) is 0. The van der Waals surface area contributed by atoms with Crippen LogP contribution in [-0.2, 0) is 14.3 Å². The Morgan fingerprint density at radius 2 is 1.94 bits per heavy atom. The van der Waals surface area contributed by atoms with E-state index in [1.54, 1.807) is 37.3 Å². The van der Waals surface area contributed by atoms with Crippen molar-refractivity contribution in [1.82, 2.24) is 0 Å². The third-order valence-electron chi connectivity index (χ3n) is 2.32. The first-order valence-electron chi connectivity index (χ1n) is 5.38. The summed E-state index contributed by atoms with van der Waals surface area (Å²) in [4.78, 5) is 23.0. The minimum atomic E-state index is -1.14. The van der Waals surface area contributed by atoms with Gasteiger partial charge in [0.15, 0.2) is 0 Å². The minimum absolute atomic E-state index is 0.103. The van der Waals surface area contributed by atoms with Crippen LogP contribution in [-0.4, -0.2) is 25.5 Å². The molecule has 0 aliphatic carbocycles. The molecule has 1 rings (SSSR count). The number of carbonyl (C=O) groups is 2. The zero-order valence-corrected chi connectivity index (χ0v) is 10.2. The third-order valence-corrected chi connectivity index (χ3v) is 2.32. The van der Waals surface area contributed by atoms with E-state index in [1.165, 1.54) is 7.11 Å². The summed E-state index contributed by atoms with van der Waals surface area (Å²) in [7, 11) is 1.51. The molecule has 1 aromatic rings. The quantitative estimate of drug-likeness (QED) is 0.581. The molecule has 0 aliphatic heterocycles. The highest BCUT2D eigenvalue weighted by Gasteiger charge is 2.27. The number of Topliss-reactive ketones (excluding diaryl/α,β-unsaturated/α-hetero) is 1. The van der Waals surface area contributed by atoms with Gasteiger partial charge >= 0.3 is 5.97 Å². The Hall–Kier alpha value is -2.35. The molecule has 5 nitrogen and oxygen atoms in total. The van der Waals surface area contributed by atoms with Crippen molar-refractivity contribution in [3.63, 3.8) is 0 Å². The first-order chi connectivity index (χ1) is 8.63. The van der Waals surface area contributed by atoms with Crippen molar-refractivity contribution < 1.29 is 19.1 Å². The number of esters is 1. The van der Waals surface area contributed by atoms with E-state index in [9.17, 15) is 9.59 Å². The fraction of sp³-hybridized carbons (Fsp3) is 0.308. The van der Waals surface area contributed by atoms with E-state index in [1.807, 2.05) is 0 Å². The van der Waals surface area contributed by atoms with Crippen LogP contribution in [0, 0.1) is 11.3 Å². The number of carbonyl (C=O) groups excluding carboxylic acids is 2. The van der Waals surface area contributed by atoms with Crippen LogP contribution in [0.1, 0.15) is 18.4 Å². The average molecular weight is 247 g/mol. The lowest BCUT2D eigenvalue weighted by molar-refractivity contribution is -0.153. The summed E-state index contributed by atoms with van der Waals surface area (Å²) in [6, 6.07) is 8.20. The second kappa shape index (κ2) is 6.40. The van der Waals surface area contributed by atoms with Crippen molar-refractivity contribution in [2.75, 3.05) is 13.7 Å². The standard InChI is InChI=1S/C13H13NO4/c1-3-18-13(16)12(15)11(8-14)9-4-6-10(17-2)7-5-9/h4-7,11H,3H2,1-2H3/t11-/m1/s1. The molecule has 0 saturated heterocycles. The fourth-order valence-corrected chi connectivity index (χ4v) is 1.40. The molecule has 0 fully saturated rings. The molecule has 0 radical (unpaired) electrons. The van der Waals surface area contributed by atoms with Crippen LogP contribution in [0.3, 0.4) is 0 Å². The second-order valence-electron chi connectivity index (χ2n) is 3.42. The van der Waals surface area contributed by atoms with Gasteiger partial charge in [-0.15, -0.1) is 0 Å². The summed E-state index contributed by atoms with van der Waals surface area (Å²) in [5.74, 6) is -2.38. The smallest absolute Gasteiger partial charge is 0.376 e. The van der Waals surface area contributed by atoms with E-state index in [4.69, 9.17) is 10.00 Å². The fourth-order valence-electron chi connectivity index (χ4n) is 1.40. The maximum atomic E-state index is 11.7. The van der Waals surface area contributed by atoms with Gasteiger partial charge in [0.25, 0.3) is 5.78 Å². The summed E-state index contributed by atoms with van der Waals surface area (Å²) in [5, 5.41) is 8.98. The number of ketones is 1. The van der Waals surface area contributed by atoms with Crippen molar-refractivity contribution in [3.8, 4) is 11.8 Å². The number of methoxy groups -OCH3 is 1. The van der Waals surface area contributed by atoms with Gasteiger partial charge in [0, 0.05) is 0 Å². The lowest BCUT2D eigenvalue weighted by atomic mass is 9.96. The van der Waals surface area contributed by atoms with Crippen molar-refractivity contribution in [2.45, 2.75) is 12.8 Å². The predicted octanol–water partition coefficient (Wildman–Crippen LogP) is 1.43. The first kappa shape index (κ1) is 13.7. The molecular weight excluding hydrogens is 234 g/mol. The number of benzene rings is 1. The van der Waals surface area contributed by atoms with Crippen molar-refractivity contribution >= 4 is 11.8 Å². The molecule has 0 heterocycles. The Morgan fingerprint density at radius 1 is 1.33 bits per heavy atom. The molecule has 0 amide bonds.